The Morgan fingerprint density at radius 2 is 1.64 bits per heavy atom. The number of rotatable bonds is 10. The van der Waals surface area contributed by atoms with Crippen molar-refractivity contribution in [3.05, 3.63) is 23.8 Å². The molecule has 0 spiro atoms. The molecule has 0 atom stereocenters. The Labute approximate surface area is 127 Å². The zero-order chi connectivity index (χ0) is 16.4. The predicted octanol–water partition coefficient (Wildman–Crippen LogP) is 4.24. The SMILES string of the molecule is O=C(O)CCCCCCCCCc1ccnc(C(F)(F)F)n1. The summed E-state index contributed by atoms with van der Waals surface area (Å²) in [6.07, 6.45) is 3.76. The zero-order valence-electron chi connectivity index (χ0n) is 12.4. The number of carboxylic acid groups (broad SMARTS) is 1. The van der Waals surface area contributed by atoms with Crippen LogP contribution in [0.5, 0.6) is 0 Å². The van der Waals surface area contributed by atoms with Gasteiger partial charge in [0.15, 0.2) is 0 Å². The van der Waals surface area contributed by atoms with Gasteiger partial charge in [-0.2, -0.15) is 13.2 Å². The highest BCUT2D eigenvalue weighted by molar-refractivity contribution is 5.66. The summed E-state index contributed by atoms with van der Waals surface area (Å²) >= 11 is 0. The summed E-state index contributed by atoms with van der Waals surface area (Å²) in [5, 5.41) is 8.48. The second kappa shape index (κ2) is 9.38. The maximum absolute atomic E-state index is 12.4. The Balaban J connectivity index is 2.11. The Kier molecular flexibility index (Phi) is 7.84. The lowest BCUT2D eigenvalue weighted by Gasteiger charge is -2.06. The summed E-state index contributed by atoms with van der Waals surface area (Å²) < 4.78 is 37.3. The summed E-state index contributed by atoms with van der Waals surface area (Å²) in [6.45, 7) is 0. The number of carboxylic acids is 1. The Hall–Kier alpha value is -1.66. The number of aryl methyl sites for hydroxylation is 1. The van der Waals surface area contributed by atoms with Crippen LogP contribution in [0.2, 0.25) is 0 Å². The number of unbranched alkanes of at least 4 members (excludes halogenated alkanes) is 6. The molecule has 1 aromatic rings. The Morgan fingerprint density at radius 3 is 2.23 bits per heavy atom. The molecule has 1 rings (SSSR count). The summed E-state index contributed by atoms with van der Waals surface area (Å²) in [5.41, 5.74) is 0.420. The van der Waals surface area contributed by atoms with Gasteiger partial charge in [-0.25, -0.2) is 9.97 Å². The summed E-state index contributed by atoms with van der Waals surface area (Å²) in [5.74, 6) is -1.84. The van der Waals surface area contributed by atoms with Crippen LogP contribution in [0.15, 0.2) is 12.3 Å². The van der Waals surface area contributed by atoms with E-state index >= 15 is 0 Å². The molecule has 0 amide bonds. The molecule has 0 bridgehead atoms. The van der Waals surface area contributed by atoms with Crippen molar-refractivity contribution in [1.82, 2.24) is 9.97 Å². The first kappa shape index (κ1) is 18.4. The lowest BCUT2D eigenvalue weighted by atomic mass is 10.1. The molecular formula is C15H21F3N2O2. The third-order valence-corrected chi connectivity index (χ3v) is 3.29. The third kappa shape index (κ3) is 7.95. The fraction of sp³-hybridized carbons (Fsp3) is 0.667. The van der Waals surface area contributed by atoms with Gasteiger partial charge in [0, 0.05) is 18.3 Å². The van der Waals surface area contributed by atoms with Crippen LogP contribution in [-0.4, -0.2) is 21.0 Å². The fourth-order valence-electron chi connectivity index (χ4n) is 2.14. The van der Waals surface area contributed by atoms with E-state index in [4.69, 9.17) is 5.11 Å². The lowest BCUT2D eigenvalue weighted by molar-refractivity contribution is -0.145. The van der Waals surface area contributed by atoms with Crippen molar-refractivity contribution in [3.63, 3.8) is 0 Å². The predicted molar refractivity (Wildman–Crippen MR) is 75.3 cm³/mol. The number of nitrogens with zero attached hydrogens (tertiary/aromatic N) is 2. The van der Waals surface area contributed by atoms with Crippen LogP contribution in [0.1, 0.15) is 62.9 Å². The van der Waals surface area contributed by atoms with Crippen LogP contribution in [0, 0.1) is 0 Å². The van der Waals surface area contributed by atoms with E-state index in [1.807, 2.05) is 0 Å². The summed E-state index contributed by atoms with van der Waals surface area (Å²) in [4.78, 5) is 17.1. The highest BCUT2D eigenvalue weighted by atomic mass is 19.4. The van der Waals surface area contributed by atoms with Crippen molar-refractivity contribution in [2.45, 2.75) is 64.0 Å². The molecule has 0 saturated heterocycles. The number of halogens is 3. The number of aromatic nitrogens is 2. The van der Waals surface area contributed by atoms with Crippen LogP contribution in [0.4, 0.5) is 13.2 Å². The molecule has 124 valence electrons. The summed E-state index contributed by atoms with van der Waals surface area (Å²) in [6, 6.07) is 1.52. The van der Waals surface area contributed by atoms with Crippen molar-refractivity contribution >= 4 is 5.97 Å². The largest absolute Gasteiger partial charge is 0.481 e. The molecule has 1 aromatic heterocycles. The molecule has 0 unspecified atom stereocenters. The monoisotopic (exact) mass is 318 g/mol. The highest BCUT2D eigenvalue weighted by Crippen LogP contribution is 2.25. The fourth-order valence-corrected chi connectivity index (χ4v) is 2.14. The van der Waals surface area contributed by atoms with Crippen LogP contribution < -0.4 is 0 Å². The molecule has 0 aliphatic heterocycles. The topological polar surface area (TPSA) is 63.1 Å². The first-order chi connectivity index (χ1) is 10.4. The number of hydrogen-bond acceptors (Lipinski definition) is 3. The van der Waals surface area contributed by atoms with E-state index in [9.17, 15) is 18.0 Å². The molecule has 0 aliphatic rings. The number of aliphatic carboxylic acids is 1. The minimum Gasteiger partial charge on any atom is -0.481 e. The first-order valence-corrected chi connectivity index (χ1v) is 7.50. The Bertz CT molecular complexity index is 464. The molecule has 4 nitrogen and oxygen atoms in total. The molecule has 0 aromatic carbocycles. The van der Waals surface area contributed by atoms with Crippen molar-refractivity contribution in [2.75, 3.05) is 0 Å². The molecular weight excluding hydrogens is 297 g/mol. The minimum atomic E-state index is -4.49. The number of hydrogen-bond donors (Lipinski definition) is 1. The molecule has 0 radical (unpaired) electrons. The maximum Gasteiger partial charge on any atom is 0.451 e. The average Bonchev–Trinajstić information content (AvgIpc) is 2.44. The van der Waals surface area contributed by atoms with Gasteiger partial charge in [-0.15, -0.1) is 0 Å². The zero-order valence-corrected chi connectivity index (χ0v) is 12.4. The molecule has 7 heteroatoms. The van der Waals surface area contributed by atoms with Crippen molar-refractivity contribution in [3.8, 4) is 0 Å². The smallest absolute Gasteiger partial charge is 0.451 e. The third-order valence-electron chi connectivity index (χ3n) is 3.29. The molecule has 1 heterocycles. The summed E-state index contributed by atoms with van der Waals surface area (Å²) in [7, 11) is 0. The van der Waals surface area contributed by atoms with Gasteiger partial charge in [0.2, 0.25) is 5.82 Å². The van der Waals surface area contributed by atoms with Gasteiger partial charge >= 0.3 is 12.1 Å². The van der Waals surface area contributed by atoms with Crippen molar-refractivity contribution in [2.24, 2.45) is 0 Å². The van der Waals surface area contributed by atoms with E-state index in [-0.39, 0.29) is 6.42 Å². The van der Waals surface area contributed by atoms with Gasteiger partial charge in [0.25, 0.3) is 0 Å². The first-order valence-electron chi connectivity index (χ1n) is 7.50. The van der Waals surface area contributed by atoms with E-state index in [1.165, 1.54) is 6.07 Å². The minimum absolute atomic E-state index is 0.218. The second-order valence-corrected chi connectivity index (χ2v) is 5.24. The normalized spacial score (nSPS) is 11.6. The highest BCUT2D eigenvalue weighted by Gasteiger charge is 2.34. The molecule has 22 heavy (non-hydrogen) atoms. The van der Waals surface area contributed by atoms with Gasteiger partial charge in [0.05, 0.1) is 0 Å². The van der Waals surface area contributed by atoms with Crippen LogP contribution in [0.3, 0.4) is 0 Å². The van der Waals surface area contributed by atoms with E-state index in [2.05, 4.69) is 9.97 Å². The standard InChI is InChI=1S/C15H21F3N2O2/c16-15(17,18)14-19-11-10-12(20-14)8-6-4-2-1-3-5-7-9-13(21)22/h10-11H,1-9H2,(H,21,22). The molecule has 0 fully saturated rings. The van der Waals surface area contributed by atoms with E-state index in [0.29, 0.717) is 18.5 Å². The van der Waals surface area contributed by atoms with E-state index < -0.39 is 18.0 Å². The number of alkyl halides is 3. The van der Waals surface area contributed by atoms with Crippen molar-refractivity contribution < 1.29 is 23.1 Å². The van der Waals surface area contributed by atoms with Crippen LogP contribution in [0.25, 0.3) is 0 Å². The molecule has 0 saturated carbocycles. The lowest BCUT2D eigenvalue weighted by Crippen LogP contribution is -2.12. The van der Waals surface area contributed by atoms with Gasteiger partial charge in [-0.1, -0.05) is 32.1 Å². The second-order valence-electron chi connectivity index (χ2n) is 5.24. The molecule has 0 aliphatic carbocycles. The quantitative estimate of drug-likeness (QED) is 0.655. The maximum atomic E-state index is 12.4. The van der Waals surface area contributed by atoms with Gasteiger partial charge in [-0.3, -0.25) is 4.79 Å². The van der Waals surface area contributed by atoms with Crippen molar-refractivity contribution in [1.29, 1.82) is 0 Å². The van der Waals surface area contributed by atoms with E-state index in [1.54, 1.807) is 0 Å². The average molecular weight is 318 g/mol. The van der Waals surface area contributed by atoms with Gasteiger partial charge < -0.3 is 5.11 Å². The number of carbonyl (C=O) groups is 1. The molecule has 1 N–H and O–H groups in total. The van der Waals surface area contributed by atoms with Crippen LogP contribution >= 0.6 is 0 Å². The van der Waals surface area contributed by atoms with Crippen LogP contribution in [-0.2, 0) is 17.4 Å². The van der Waals surface area contributed by atoms with Gasteiger partial charge in [-0.05, 0) is 25.3 Å². The van der Waals surface area contributed by atoms with E-state index in [0.717, 1.165) is 44.7 Å². The Morgan fingerprint density at radius 1 is 1.05 bits per heavy atom. The van der Waals surface area contributed by atoms with Gasteiger partial charge in [0.1, 0.15) is 0 Å².